The van der Waals surface area contributed by atoms with Crippen LogP contribution >= 0.6 is 0 Å². The number of amides is 1. The topological polar surface area (TPSA) is 56.0 Å². The van der Waals surface area contributed by atoms with E-state index in [9.17, 15) is 4.79 Å². The number of rotatable bonds is 4. The summed E-state index contributed by atoms with van der Waals surface area (Å²) in [4.78, 5) is 15.0. The molecule has 0 spiro atoms. The molecule has 2 aromatic heterocycles. The zero-order valence-electron chi connectivity index (χ0n) is 14.2. The maximum Gasteiger partial charge on any atom is 0.257 e. The molecule has 0 N–H and O–H groups in total. The molecule has 3 heterocycles. The van der Waals surface area contributed by atoms with E-state index in [0.29, 0.717) is 0 Å². The predicted molar refractivity (Wildman–Crippen MR) is 88.1 cm³/mol. The van der Waals surface area contributed by atoms with Gasteiger partial charge in [0, 0.05) is 32.0 Å². The SMILES string of the molecule is CCCn1ncc(C(=O)N2CCCCC2c2ccn(C)n2)c1C. The first-order valence-electron chi connectivity index (χ1n) is 8.44. The van der Waals surface area contributed by atoms with Crippen LogP contribution in [0.15, 0.2) is 18.5 Å². The van der Waals surface area contributed by atoms with Crippen molar-refractivity contribution in [2.24, 2.45) is 7.05 Å². The van der Waals surface area contributed by atoms with Crippen molar-refractivity contribution >= 4 is 5.91 Å². The minimum atomic E-state index is 0.0753. The lowest BCUT2D eigenvalue weighted by atomic mass is 9.98. The summed E-state index contributed by atoms with van der Waals surface area (Å²) in [6.07, 6.45) is 7.84. The summed E-state index contributed by atoms with van der Waals surface area (Å²) < 4.78 is 3.73. The Morgan fingerprint density at radius 1 is 1.39 bits per heavy atom. The molecule has 3 rings (SSSR count). The lowest BCUT2D eigenvalue weighted by molar-refractivity contribution is 0.0604. The molecular formula is C17H25N5O. The quantitative estimate of drug-likeness (QED) is 0.871. The highest BCUT2D eigenvalue weighted by Gasteiger charge is 2.31. The number of aromatic nitrogens is 4. The van der Waals surface area contributed by atoms with Crippen LogP contribution in [0.2, 0.25) is 0 Å². The fourth-order valence-corrected chi connectivity index (χ4v) is 3.34. The monoisotopic (exact) mass is 315 g/mol. The van der Waals surface area contributed by atoms with Crippen LogP contribution in [-0.4, -0.2) is 36.9 Å². The van der Waals surface area contributed by atoms with E-state index in [1.54, 1.807) is 10.9 Å². The van der Waals surface area contributed by atoms with Gasteiger partial charge in [0.1, 0.15) is 0 Å². The average Bonchev–Trinajstić information content (AvgIpc) is 3.14. The van der Waals surface area contributed by atoms with E-state index < -0.39 is 0 Å². The Labute approximate surface area is 137 Å². The summed E-state index contributed by atoms with van der Waals surface area (Å²) in [7, 11) is 1.91. The van der Waals surface area contributed by atoms with Crippen LogP contribution in [0.4, 0.5) is 0 Å². The molecule has 0 saturated carbocycles. The minimum absolute atomic E-state index is 0.0753. The first-order chi connectivity index (χ1) is 11.1. The largest absolute Gasteiger partial charge is 0.330 e. The van der Waals surface area contributed by atoms with Gasteiger partial charge in [0.05, 0.1) is 23.5 Å². The molecule has 1 fully saturated rings. The molecule has 6 heteroatoms. The summed E-state index contributed by atoms with van der Waals surface area (Å²) in [6.45, 7) is 5.74. The van der Waals surface area contributed by atoms with Crippen molar-refractivity contribution in [1.29, 1.82) is 0 Å². The lowest BCUT2D eigenvalue weighted by Gasteiger charge is -2.34. The number of hydrogen-bond donors (Lipinski definition) is 0. The number of carbonyl (C=O) groups is 1. The first kappa shape index (κ1) is 15.8. The number of likely N-dealkylation sites (tertiary alicyclic amines) is 1. The molecule has 0 radical (unpaired) electrons. The van der Waals surface area contributed by atoms with Gasteiger partial charge in [-0.15, -0.1) is 0 Å². The van der Waals surface area contributed by atoms with Crippen LogP contribution in [0.5, 0.6) is 0 Å². The first-order valence-corrected chi connectivity index (χ1v) is 8.44. The molecule has 1 aliphatic rings. The van der Waals surface area contributed by atoms with Gasteiger partial charge in [-0.05, 0) is 38.7 Å². The zero-order valence-corrected chi connectivity index (χ0v) is 14.2. The third-order valence-electron chi connectivity index (χ3n) is 4.61. The van der Waals surface area contributed by atoms with Gasteiger partial charge < -0.3 is 4.90 Å². The van der Waals surface area contributed by atoms with Crippen LogP contribution in [0.1, 0.15) is 60.4 Å². The second kappa shape index (κ2) is 6.56. The highest BCUT2D eigenvalue weighted by atomic mass is 16.2. The number of nitrogens with zero attached hydrogens (tertiary/aromatic N) is 5. The highest BCUT2D eigenvalue weighted by molar-refractivity contribution is 5.95. The van der Waals surface area contributed by atoms with Crippen molar-refractivity contribution in [3.63, 3.8) is 0 Å². The van der Waals surface area contributed by atoms with E-state index >= 15 is 0 Å². The Balaban J connectivity index is 1.87. The zero-order chi connectivity index (χ0) is 16.4. The van der Waals surface area contributed by atoms with Gasteiger partial charge in [0.2, 0.25) is 0 Å². The number of piperidine rings is 1. The molecule has 1 atom stereocenters. The standard InChI is InChI=1S/C17H25N5O/c1-4-9-22-13(2)14(12-18-22)17(23)21-10-6-5-7-16(21)15-8-11-20(3)19-15/h8,11-12,16H,4-7,9-10H2,1-3H3. The van der Waals surface area contributed by atoms with E-state index in [1.807, 2.05) is 35.8 Å². The van der Waals surface area contributed by atoms with E-state index in [4.69, 9.17) is 0 Å². The van der Waals surface area contributed by atoms with Crippen molar-refractivity contribution in [1.82, 2.24) is 24.5 Å². The molecule has 1 unspecified atom stereocenters. The van der Waals surface area contributed by atoms with Crippen molar-refractivity contribution in [2.75, 3.05) is 6.54 Å². The van der Waals surface area contributed by atoms with Crippen LogP contribution in [0.3, 0.4) is 0 Å². The Bertz CT molecular complexity index is 687. The van der Waals surface area contributed by atoms with E-state index in [0.717, 1.165) is 55.7 Å². The smallest absolute Gasteiger partial charge is 0.257 e. The van der Waals surface area contributed by atoms with Crippen molar-refractivity contribution < 1.29 is 4.79 Å². The molecule has 0 aliphatic carbocycles. The van der Waals surface area contributed by atoms with E-state index in [1.165, 1.54) is 0 Å². The number of carbonyl (C=O) groups excluding carboxylic acids is 1. The molecule has 1 aliphatic heterocycles. The van der Waals surface area contributed by atoms with Crippen molar-refractivity contribution in [3.05, 3.63) is 35.4 Å². The molecule has 124 valence electrons. The number of hydrogen-bond acceptors (Lipinski definition) is 3. The van der Waals surface area contributed by atoms with Gasteiger partial charge in [0.15, 0.2) is 0 Å². The molecule has 6 nitrogen and oxygen atoms in total. The summed E-state index contributed by atoms with van der Waals surface area (Å²) in [6, 6.07) is 2.09. The maximum atomic E-state index is 13.1. The minimum Gasteiger partial charge on any atom is -0.330 e. The van der Waals surface area contributed by atoms with Gasteiger partial charge in [-0.25, -0.2) is 0 Å². The summed E-state index contributed by atoms with van der Waals surface area (Å²) in [5, 5.41) is 8.89. The van der Waals surface area contributed by atoms with Gasteiger partial charge >= 0.3 is 0 Å². The predicted octanol–water partition coefficient (Wildman–Crippen LogP) is 2.70. The average molecular weight is 315 g/mol. The number of aryl methyl sites for hydroxylation is 2. The molecule has 1 saturated heterocycles. The van der Waals surface area contributed by atoms with E-state index in [2.05, 4.69) is 17.1 Å². The van der Waals surface area contributed by atoms with Gasteiger partial charge in [-0.3, -0.25) is 14.2 Å². The Morgan fingerprint density at radius 3 is 2.91 bits per heavy atom. The lowest BCUT2D eigenvalue weighted by Crippen LogP contribution is -2.39. The normalized spacial score (nSPS) is 18.4. The maximum absolute atomic E-state index is 13.1. The molecular weight excluding hydrogens is 290 g/mol. The van der Waals surface area contributed by atoms with Gasteiger partial charge in [0.25, 0.3) is 5.91 Å². The highest BCUT2D eigenvalue weighted by Crippen LogP contribution is 2.31. The molecule has 0 aromatic carbocycles. The Hall–Kier alpha value is -2.11. The molecule has 0 bridgehead atoms. The Morgan fingerprint density at radius 2 is 2.22 bits per heavy atom. The fourth-order valence-electron chi connectivity index (χ4n) is 3.34. The van der Waals surface area contributed by atoms with E-state index in [-0.39, 0.29) is 11.9 Å². The summed E-state index contributed by atoms with van der Waals surface area (Å²) in [5.41, 5.74) is 2.67. The van der Waals surface area contributed by atoms with Crippen molar-refractivity contribution in [2.45, 2.75) is 52.1 Å². The summed E-state index contributed by atoms with van der Waals surface area (Å²) in [5.74, 6) is 0.0835. The van der Waals surface area contributed by atoms with Crippen LogP contribution < -0.4 is 0 Å². The molecule has 1 amide bonds. The Kier molecular flexibility index (Phi) is 4.50. The molecule has 23 heavy (non-hydrogen) atoms. The summed E-state index contributed by atoms with van der Waals surface area (Å²) >= 11 is 0. The van der Waals surface area contributed by atoms with Crippen molar-refractivity contribution in [3.8, 4) is 0 Å². The third kappa shape index (κ3) is 3.02. The van der Waals surface area contributed by atoms with Crippen LogP contribution in [0, 0.1) is 6.92 Å². The van der Waals surface area contributed by atoms with Gasteiger partial charge in [-0.2, -0.15) is 10.2 Å². The molecule has 2 aromatic rings. The van der Waals surface area contributed by atoms with Crippen LogP contribution in [0.25, 0.3) is 0 Å². The van der Waals surface area contributed by atoms with Crippen LogP contribution in [-0.2, 0) is 13.6 Å². The third-order valence-corrected chi connectivity index (χ3v) is 4.61. The fraction of sp³-hybridized carbons (Fsp3) is 0.588. The second-order valence-electron chi connectivity index (χ2n) is 6.29. The van der Waals surface area contributed by atoms with Gasteiger partial charge in [-0.1, -0.05) is 6.92 Å². The second-order valence-corrected chi connectivity index (χ2v) is 6.29.